The van der Waals surface area contributed by atoms with E-state index in [9.17, 15) is 9.59 Å². The molecular formula is C24H24N2O5S. The number of fused-ring (bicyclic) bond motifs is 2. The van der Waals surface area contributed by atoms with Crippen LogP contribution in [0.3, 0.4) is 0 Å². The van der Waals surface area contributed by atoms with E-state index >= 15 is 0 Å². The average molecular weight is 453 g/mol. The fourth-order valence-corrected chi connectivity index (χ4v) is 4.62. The number of carbonyl (C=O) groups is 1. The molecule has 0 aliphatic carbocycles. The Morgan fingerprint density at radius 2 is 1.88 bits per heavy atom. The fourth-order valence-electron chi connectivity index (χ4n) is 3.56. The van der Waals surface area contributed by atoms with E-state index < -0.39 is 5.97 Å². The molecule has 8 heteroatoms. The number of hydrogen-bond acceptors (Lipinski definition) is 7. The Kier molecular flexibility index (Phi) is 6.92. The first-order valence-corrected chi connectivity index (χ1v) is 11.4. The van der Waals surface area contributed by atoms with Crippen LogP contribution < -0.4 is 5.56 Å². The lowest BCUT2D eigenvalue weighted by atomic mass is 10.1. The van der Waals surface area contributed by atoms with E-state index in [-0.39, 0.29) is 17.9 Å². The molecule has 7 nitrogen and oxygen atoms in total. The summed E-state index contributed by atoms with van der Waals surface area (Å²) in [5, 5.41) is 2.01. The lowest BCUT2D eigenvalue weighted by molar-refractivity contribution is 0.0491. The predicted molar refractivity (Wildman–Crippen MR) is 124 cm³/mol. The second-order valence-electron chi connectivity index (χ2n) is 7.13. The first-order valence-electron chi connectivity index (χ1n) is 10.4. The van der Waals surface area contributed by atoms with Crippen LogP contribution in [0.5, 0.6) is 0 Å². The molecule has 0 spiro atoms. The van der Waals surface area contributed by atoms with Crippen molar-refractivity contribution in [2.75, 3.05) is 20.3 Å². The van der Waals surface area contributed by atoms with Gasteiger partial charge in [0.25, 0.3) is 5.56 Å². The minimum atomic E-state index is -0.497. The van der Waals surface area contributed by atoms with Crippen molar-refractivity contribution in [3.05, 3.63) is 70.2 Å². The summed E-state index contributed by atoms with van der Waals surface area (Å²) in [6, 6.07) is 14.8. The largest absolute Gasteiger partial charge is 0.460 e. The molecule has 0 bridgehead atoms. The Bertz CT molecular complexity index is 1310. The van der Waals surface area contributed by atoms with Crippen LogP contribution in [0.2, 0.25) is 0 Å². The highest BCUT2D eigenvalue weighted by Crippen LogP contribution is 2.32. The standard InChI is InChI=1S/C24H24N2O5S/c1-3-30-23(28)21-18(16-9-5-7-12-20(16)31-21)15-32-24-25-19-11-6-4-10-17(19)22(27)26(24)13-8-14-29-2/h4-7,9-12H,3,8,13-15H2,1-2H3. The molecule has 0 aliphatic heterocycles. The number of aromatic nitrogens is 2. The molecular weight excluding hydrogens is 428 g/mol. The summed E-state index contributed by atoms with van der Waals surface area (Å²) < 4.78 is 17.8. The van der Waals surface area contributed by atoms with Gasteiger partial charge in [0.05, 0.1) is 17.5 Å². The van der Waals surface area contributed by atoms with Crippen LogP contribution in [-0.2, 0) is 21.8 Å². The SMILES string of the molecule is CCOC(=O)c1oc2ccccc2c1CSc1nc2ccccc2c(=O)n1CCCOC. The van der Waals surface area contributed by atoms with Crippen molar-refractivity contribution in [3.8, 4) is 0 Å². The van der Waals surface area contributed by atoms with Crippen molar-refractivity contribution >= 4 is 39.6 Å². The molecule has 0 saturated heterocycles. The second kappa shape index (κ2) is 10.0. The summed E-state index contributed by atoms with van der Waals surface area (Å²) in [5.41, 5.74) is 1.91. The van der Waals surface area contributed by atoms with E-state index in [1.54, 1.807) is 24.7 Å². The molecule has 2 aromatic carbocycles. The van der Waals surface area contributed by atoms with E-state index in [0.29, 0.717) is 47.0 Å². The minimum Gasteiger partial charge on any atom is -0.460 e. The number of para-hydroxylation sites is 2. The number of thioether (sulfide) groups is 1. The normalized spacial score (nSPS) is 11.3. The summed E-state index contributed by atoms with van der Waals surface area (Å²) in [5.74, 6) is 0.0955. The van der Waals surface area contributed by atoms with Crippen LogP contribution >= 0.6 is 11.8 Å². The van der Waals surface area contributed by atoms with Gasteiger partial charge in [0.1, 0.15) is 5.58 Å². The number of methoxy groups -OCH3 is 1. The molecule has 0 aliphatic rings. The second-order valence-corrected chi connectivity index (χ2v) is 8.07. The molecule has 0 N–H and O–H groups in total. The van der Waals surface area contributed by atoms with Gasteiger partial charge in [-0.3, -0.25) is 9.36 Å². The van der Waals surface area contributed by atoms with Crippen molar-refractivity contribution in [1.82, 2.24) is 9.55 Å². The van der Waals surface area contributed by atoms with E-state index in [1.165, 1.54) is 11.8 Å². The fraction of sp³-hybridized carbons (Fsp3) is 0.292. The van der Waals surface area contributed by atoms with Crippen LogP contribution in [0.1, 0.15) is 29.5 Å². The molecule has 0 saturated carbocycles. The highest BCUT2D eigenvalue weighted by atomic mass is 32.2. The summed E-state index contributed by atoms with van der Waals surface area (Å²) in [6.45, 7) is 3.05. The van der Waals surface area contributed by atoms with Crippen molar-refractivity contribution in [2.45, 2.75) is 30.8 Å². The summed E-state index contributed by atoms with van der Waals surface area (Å²) in [6.07, 6.45) is 0.687. The molecule has 2 aromatic heterocycles. The van der Waals surface area contributed by atoms with Crippen LogP contribution in [0.4, 0.5) is 0 Å². The van der Waals surface area contributed by atoms with Gasteiger partial charge in [-0.2, -0.15) is 0 Å². The molecule has 0 unspecified atom stereocenters. The van der Waals surface area contributed by atoms with Gasteiger partial charge in [0.15, 0.2) is 5.16 Å². The van der Waals surface area contributed by atoms with Gasteiger partial charge in [0.2, 0.25) is 5.76 Å². The Labute approximate surface area is 189 Å². The Hall–Kier alpha value is -3.10. The van der Waals surface area contributed by atoms with Crippen LogP contribution in [0, 0.1) is 0 Å². The van der Waals surface area contributed by atoms with Gasteiger partial charge in [0, 0.05) is 37.0 Å². The van der Waals surface area contributed by atoms with Gasteiger partial charge >= 0.3 is 5.97 Å². The van der Waals surface area contributed by atoms with Crippen molar-refractivity contribution in [3.63, 3.8) is 0 Å². The zero-order valence-corrected chi connectivity index (χ0v) is 18.8. The van der Waals surface area contributed by atoms with Crippen molar-refractivity contribution in [1.29, 1.82) is 0 Å². The van der Waals surface area contributed by atoms with Crippen LogP contribution in [0.25, 0.3) is 21.9 Å². The zero-order valence-electron chi connectivity index (χ0n) is 18.0. The van der Waals surface area contributed by atoms with Gasteiger partial charge in [-0.25, -0.2) is 9.78 Å². The highest BCUT2D eigenvalue weighted by molar-refractivity contribution is 7.98. The maximum absolute atomic E-state index is 13.2. The highest BCUT2D eigenvalue weighted by Gasteiger charge is 2.22. The topological polar surface area (TPSA) is 83.6 Å². The first kappa shape index (κ1) is 22.1. The molecule has 2 heterocycles. The maximum Gasteiger partial charge on any atom is 0.374 e. The molecule has 166 valence electrons. The third-order valence-corrected chi connectivity index (χ3v) is 6.06. The van der Waals surface area contributed by atoms with Gasteiger partial charge in [-0.15, -0.1) is 0 Å². The number of esters is 1. The Morgan fingerprint density at radius 3 is 2.66 bits per heavy atom. The summed E-state index contributed by atoms with van der Waals surface area (Å²) in [4.78, 5) is 30.4. The van der Waals surface area contributed by atoms with E-state index in [1.807, 2.05) is 42.5 Å². The number of furan rings is 1. The third kappa shape index (κ3) is 4.42. The van der Waals surface area contributed by atoms with Crippen LogP contribution in [0.15, 0.2) is 62.9 Å². The molecule has 4 rings (SSSR count). The molecule has 32 heavy (non-hydrogen) atoms. The Morgan fingerprint density at radius 1 is 1.12 bits per heavy atom. The quantitative estimate of drug-likeness (QED) is 0.158. The number of ether oxygens (including phenoxy) is 2. The molecule has 0 atom stereocenters. The minimum absolute atomic E-state index is 0.0862. The smallest absolute Gasteiger partial charge is 0.374 e. The number of benzene rings is 2. The number of hydrogen-bond donors (Lipinski definition) is 0. The lowest BCUT2D eigenvalue weighted by Crippen LogP contribution is -2.24. The van der Waals surface area contributed by atoms with Gasteiger partial charge in [-0.05, 0) is 31.5 Å². The molecule has 0 amide bonds. The molecule has 0 radical (unpaired) electrons. The average Bonchev–Trinajstić information content (AvgIpc) is 3.18. The maximum atomic E-state index is 13.2. The monoisotopic (exact) mass is 452 g/mol. The lowest BCUT2D eigenvalue weighted by Gasteiger charge is -2.13. The van der Waals surface area contributed by atoms with Crippen molar-refractivity contribution < 1.29 is 18.7 Å². The van der Waals surface area contributed by atoms with Gasteiger partial charge in [-0.1, -0.05) is 42.1 Å². The third-order valence-electron chi connectivity index (χ3n) is 5.06. The van der Waals surface area contributed by atoms with Crippen LogP contribution in [-0.4, -0.2) is 35.8 Å². The number of carbonyl (C=O) groups excluding carboxylic acids is 1. The van der Waals surface area contributed by atoms with E-state index in [4.69, 9.17) is 18.9 Å². The van der Waals surface area contributed by atoms with E-state index in [2.05, 4.69) is 0 Å². The first-order chi connectivity index (χ1) is 15.6. The molecule has 4 aromatic rings. The van der Waals surface area contributed by atoms with E-state index in [0.717, 1.165) is 10.9 Å². The van der Waals surface area contributed by atoms with Gasteiger partial charge < -0.3 is 13.9 Å². The Balaban J connectivity index is 1.73. The molecule has 0 fully saturated rings. The van der Waals surface area contributed by atoms with Crippen molar-refractivity contribution in [2.24, 2.45) is 0 Å². The number of nitrogens with zero attached hydrogens (tertiary/aromatic N) is 2. The summed E-state index contributed by atoms with van der Waals surface area (Å²) in [7, 11) is 1.64. The zero-order chi connectivity index (χ0) is 22.5. The predicted octanol–water partition coefficient (Wildman–Crippen LogP) is 4.65. The number of rotatable bonds is 9. The summed E-state index contributed by atoms with van der Waals surface area (Å²) >= 11 is 1.40.